The van der Waals surface area contributed by atoms with Crippen LogP contribution in [-0.4, -0.2) is 29.9 Å². The van der Waals surface area contributed by atoms with E-state index >= 15 is 0 Å². The van der Waals surface area contributed by atoms with Gasteiger partial charge in [0.25, 0.3) is 5.91 Å². The molecule has 6 nitrogen and oxygen atoms in total. The molecule has 1 aliphatic rings. The maximum atomic E-state index is 12.2. The second-order valence-electron chi connectivity index (χ2n) is 6.19. The number of hydrazine groups is 1. The van der Waals surface area contributed by atoms with Gasteiger partial charge in [-0.2, -0.15) is 0 Å². The number of halogens is 2. The lowest BCUT2D eigenvalue weighted by atomic mass is 10.1. The fourth-order valence-corrected chi connectivity index (χ4v) is 2.93. The number of carbonyl (C=O) groups is 2. The Kier molecular flexibility index (Phi) is 6.06. The highest BCUT2D eigenvalue weighted by molar-refractivity contribution is 6.53. The van der Waals surface area contributed by atoms with Crippen molar-refractivity contribution in [3.8, 4) is 11.5 Å². The topological polar surface area (TPSA) is 76.7 Å². The van der Waals surface area contributed by atoms with Crippen LogP contribution in [0.25, 0.3) is 0 Å². The number of methoxy groups -OCH3 is 1. The second kappa shape index (κ2) is 7.70. The van der Waals surface area contributed by atoms with Gasteiger partial charge in [-0.1, -0.05) is 13.3 Å². The third-order valence-electron chi connectivity index (χ3n) is 4.23. The van der Waals surface area contributed by atoms with E-state index in [1.165, 1.54) is 7.11 Å². The number of alkyl halides is 2. The average molecular weight is 389 g/mol. The average Bonchev–Trinajstić information content (AvgIpc) is 3.12. The van der Waals surface area contributed by atoms with E-state index in [1.54, 1.807) is 25.1 Å². The van der Waals surface area contributed by atoms with Gasteiger partial charge < -0.3 is 9.47 Å². The molecule has 1 fully saturated rings. The molecule has 2 rings (SSSR count). The van der Waals surface area contributed by atoms with Gasteiger partial charge >= 0.3 is 0 Å². The Hall–Kier alpha value is -1.66. The molecule has 0 aromatic heterocycles. The van der Waals surface area contributed by atoms with Crippen LogP contribution < -0.4 is 20.3 Å². The number of ether oxygens (including phenoxy) is 2. The van der Waals surface area contributed by atoms with Gasteiger partial charge in [0.05, 0.1) is 19.1 Å². The summed E-state index contributed by atoms with van der Waals surface area (Å²) in [5, 5.41) is 0. The molecule has 138 valence electrons. The highest BCUT2D eigenvalue weighted by atomic mass is 35.5. The maximum Gasteiger partial charge on any atom is 0.269 e. The Morgan fingerprint density at radius 1 is 1.24 bits per heavy atom. The summed E-state index contributed by atoms with van der Waals surface area (Å²) in [5.74, 6) is 0.101. The first-order valence-electron chi connectivity index (χ1n) is 8.04. The summed E-state index contributed by atoms with van der Waals surface area (Å²) in [4.78, 5) is 24.3. The third kappa shape index (κ3) is 4.30. The minimum atomic E-state index is -1.09. The zero-order valence-corrected chi connectivity index (χ0v) is 16.0. The summed E-state index contributed by atoms with van der Waals surface area (Å²) < 4.78 is 9.78. The molecular formula is C17H22Cl2N2O4. The van der Waals surface area contributed by atoms with E-state index in [9.17, 15) is 9.59 Å². The molecule has 25 heavy (non-hydrogen) atoms. The van der Waals surface area contributed by atoms with Crippen LogP contribution in [0.2, 0.25) is 0 Å². The molecular weight excluding hydrogens is 367 g/mol. The van der Waals surface area contributed by atoms with Crippen molar-refractivity contribution < 1.29 is 19.1 Å². The van der Waals surface area contributed by atoms with E-state index in [4.69, 9.17) is 32.7 Å². The number of amides is 2. The van der Waals surface area contributed by atoms with Gasteiger partial charge in [0, 0.05) is 5.56 Å². The van der Waals surface area contributed by atoms with Crippen LogP contribution in [0.3, 0.4) is 0 Å². The summed E-state index contributed by atoms with van der Waals surface area (Å²) in [6.45, 7) is 4.29. The fraction of sp³-hybridized carbons (Fsp3) is 0.529. The molecule has 1 atom stereocenters. The number of nitrogens with one attached hydrogen (secondary N) is 2. The van der Waals surface area contributed by atoms with Crippen molar-refractivity contribution in [3.05, 3.63) is 23.8 Å². The predicted molar refractivity (Wildman–Crippen MR) is 96.2 cm³/mol. The molecule has 1 aliphatic carbocycles. The molecule has 2 N–H and O–H groups in total. The predicted octanol–water partition coefficient (Wildman–Crippen LogP) is 3.22. The highest BCUT2D eigenvalue weighted by Crippen LogP contribution is 2.63. The summed E-state index contributed by atoms with van der Waals surface area (Å²) in [7, 11) is 1.50. The third-order valence-corrected chi connectivity index (χ3v) is 5.33. The maximum absolute atomic E-state index is 12.2. The number of carbonyl (C=O) groups excluding carboxylic acids is 2. The van der Waals surface area contributed by atoms with Crippen molar-refractivity contribution in [2.75, 3.05) is 13.7 Å². The lowest BCUT2D eigenvalue weighted by molar-refractivity contribution is -0.126. The Labute approximate surface area is 157 Å². The van der Waals surface area contributed by atoms with Crippen molar-refractivity contribution in [1.82, 2.24) is 10.9 Å². The lowest BCUT2D eigenvalue weighted by Gasteiger charge is -2.14. The SMILES string of the molecule is CCCCOc1ccc(C(=O)NNC(=O)C2(C)CC2(Cl)Cl)cc1OC. The van der Waals surface area contributed by atoms with Crippen molar-refractivity contribution in [2.24, 2.45) is 5.41 Å². The molecule has 0 spiro atoms. The Morgan fingerprint density at radius 3 is 2.48 bits per heavy atom. The Bertz CT molecular complexity index is 666. The van der Waals surface area contributed by atoms with Crippen LogP contribution in [-0.2, 0) is 4.79 Å². The van der Waals surface area contributed by atoms with Crippen molar-refractivity contribution in [3.63, 3.8) is 0 Å². The quantitative estimate of drug-likeness (QED) is 0.427. The summed E-state index contributed by atoms with van der Waals surface area (Å²) in [6, 6.07) is 4.81. The van der Waals surface area contributed by atoms with Crippen LogP contribution in [0.5, 0.6) is 11.5 Å². The zero-order valence-electron chi connectivity index (χ0n) is 14.4. The lowest BCUT2D eigenvalue weighted by Crippen LogP contribution is -2.45. The van der Waals surface area contributed by atoms with Crippen LogP contribution in [0.4, 0.5) is 0 Å². The van der Waals surface area contributed by atoms with Gasteiger partial charge in [-0.15, -0.1) is 23.2 Å². The number of rotatable bonds is 7. The van der Waals surface area contributed by atoms with Gasteiger partial charge in [-0.25, -0.2) is 0 Å². The molecule has 0 aliphatic heterocycles. The second-order valence-corrected chi connectivity index (χ2v) is 7.67. The largest absolute Gasteiger partial charge is 0.493 e. The minimum Gasteiger partial charge on any atom is -0.493 e. The van der Waals surface area contributed by atoms with E-state index in [-0.39, 0.29) is 0 Å². The summed E-state index contributed by atoms with van der Waals surface area (Å²) in [5.41, 5.74) is 4.13. The molecule has 2 amide bonds. The smallest absolute Gasteiger partial charge is 0.269 e. The highest BCUT2D eigenvalue weighted by Gasteiger charge is 2.68. The Balaban J connectivity index is 1.96. The van der Waals surface area contributed by atoms with Gasteiger partial charge in [0.2, 0.25) is 5.91 Å². The first-order chi connectivity index (χ1) is 11.7. The van der Waals surface area contributed by atoms with Crippen LogP contribution >= 0.6 is 23.2 Å². The van der Waals surface area contributed by atoms with E-state index in [0.717, 1.165) is 12.8 Å². The van der Waals surface area contributed by atoms with E-state index in [0.29, 0.717) is 30.1 Å². The number of benzene rings is 1. The van der Waals surface area contributed by atoms with Gasteiger partial charge in [-0.3, -0.25) is 20.4 Å². The Morgan fingerprint density at radius 2 is 1.92 bits per heavy atom. The monoisotopic (exact) mass is 388 g/mol. The van der Waals surface area contributed by atoms with Gasteiger partial charge in [-0.05, 0) is 38.0 Å². The molecule has 0 radical (unpaired) electrons. The number of hydrogen-bond donors (Lipinski definition) is 2. The van der Waals surface area contributed by atoms with Crippen molar-refractivity contribution in [2.45, 2.75) is 37.4 Å². The van der Waals surface area contributed by atoms with Crippen LogP contribution in [0.1, 0.15) is 43.5 Å². The molecule has 0 bridgehead atoms. The first kappa shape index (κ1) is 19.7. The van der Waals surface area contributed by atoms with Crippen molar-refractivity contribution in [1.29, 1.82) is 0 Å². The summed E-state index contributed by atoms with van der Waals surface area (Å²) in [6.07, 6.45) is 2.29. The van der Waals surface area contributed by atoms with E-state index in [2.05, 4.69) is 17.8 Å². The van der Waals surface area contributed by atoms with Crippen molar-refractivity contribution >= 4 is 35.0 Å². The van der Waals surface area contributed by atoms with E-state index < -0.39 is 21.6 Å². The first-order valence-corrected chi connectivity index (χ1v) is 8.80. The molecule has 8 heteroatoms. The zero-order chi connectivity index (χ0) is 18.7. The van der Waals surface area contributed by atoms with Crippen LogP contribution in [0, 0.1) is 5.41 Å². The van der Waals surface area contributed by atoms with Gasteiger partial charge in [0.15, 0.2) is 11.5 Å². The molecule has 0 heterocycles. The number of hydrogen-bond acceptors (Lipinski definition) is 4. The standard InChI is InChI=1S/C17H22Cl2N2O4/c1-4-5-8-25-12-7-6-11(9-13(12)24-3)14(22)20-21-15(23)16(2)10-17(16,18)19/h6-7,9H,4-5,8,10H2,1-3H3,(H,20,22)(H,21,23). The minimum absolute atomic E-state index is 0.323. The number of unbranched alkanes of at least 4 members (excludes halogenated alkanes) is 1. The van der Waals surface area contributed by atoms with Crippen LogP contribution in [0.15, 0.2) is 18.2 Å². The van der Waals surface area contributed by atoms with E-state index in [1.807, 2.05) is 0 Å². The molecule has 1 unspecified atom stereocenters. The van der Waals surface area contributed by atoms with Gasteiger partial charge in [0.1, 0.15) is 4.33 Å². The molecule has 0 saturated heterocycles. The fourth-order valence-electron chi connectivity index (χ4n) is 2.22. The molecule has 1 aromatic rings. The molecule has 1 saturated carbocycles. The summed E-state index contributed by atoms with van der Waals surface area (Å²) >= 11 is 11.9. The molecule has 1 aromatic carbocycles. The normalized spacial score (nSPS) is 20.5.